The average molecular weight is 382 g/mol. The zero-order valence-corrected chi connectivity index (χ0v) is 16.7. The van der Waals surface area contributed by atoms with Gasteiger partial charge in [-0.05, 0) is 62.8 Å². The van der Waals surface area contributed by atoms with Crippen molar-refractivity contribution in [2.75, 3.05) is 13.2 Å². The van der Waals surface area contributed by atoms with Crippen molar-refractivity contribution in [2.24, 2.45) is 0 Å². The van der Waals surface area contributed by atoms with Gasteiger partial charge in [-0.25, -0.2) is 0 Å². The van der Waals surface area contributed by atoms with Crippen LogP contribution in [0.1, 0.15) is 42.5 Å². The lowest BCUT2D eigenvalue weighted by Crippen LogP contribution is -2.48. The van der Waals surface area contributed by atoms with E-state index in [1.54, 1.807) is 0 Å². The number of rotatable bonds is 11. The molecule has 0 aliphatic carbocycles. The van der Waals surface area contributed by atoms with Crippen LogP contribution in [0.25, 0.3) is 0 Å². The number of hydrogen-bond acceptors (Lipinski definition) is 6. The van der Waals surface area contributed by atoms with Gasteiger partial charge in [-0.15, -0.1) is 0 Å². The monoisotopic (exact) mass is 382 g/mol. The maximum atomic E-state index is 10.1. The van der Waals surface area contributed by atoms with Crippen LogP contribution < -0.4 is 0 Å². The third kappa shape index (κ3) is 6.99. The molecule has 0 fully saturated rings. The minimum atomic E-state index is -1.52. The van der Waals surface area contributed by atoms with Crippen LogP contribution in [0.4, 0.5) is 0 Å². The lowest BCUT2D eigenvalue weighted by Gasteiger charge is -2.30. The van der Waals surface area contributed by atoms with Crippen LogP contribution in [0.5, 0.6) is 0 Å². The molecule has 4 unspecified atom stereocenters. The highest BCUT2D eigenvalue weighted by atomic mass is 16.5. The number of benzene rings is 1. The molecule has 1 aromatic carbocycles. The fraction of sp³-hybridized carbons (Fsp3) is 0.619. The predicted molar refractivity (Wildman–Crippen MR) is 104 cm³/mol. The largest absolute Gasteiger partial charge is 0.394 e. The molecule has 154 valence electrons. The number of allylic oxidation sites excluding steroid dienone is 2. The summed E-state index contributed by atoms with van der Waals surface area (Å²) < 4.78 is 5.72. The molecule has 0 bridgehead atoms. The minimum absolute atomic E-state index is 0.120. The average Bonchev–Trinajstić information content (AvgIpc) is 2.64. The second kappa shape index (κ2) is 11.5. The van der Waals surface area contributed by atoms with Crippen LogP contribution in [-0.2, 0) is 17.8 Å². The van der Waals surface area contributed by atoms with Crippen LogP contribution in [0.2, 0.25) is 0 Å². The molecule has 5 N–H and O–H groups in total. The van der Waals surface area contributed by atoms with E-state index >= 15 is 0 Å². The van der Waals surface area contributed by atoms with Crippen molar-refractivity contribution in [1.29, 1.82) is 0 Å². The Morgan fingerprint density at radius 1 is 0.963 bits per heavy atom. The van der Waals surface area contributed by atoms with E-state index < -0.39 is 37.6 Å². The van der Waals surface area contributed by atoms with Crippen LogP contribution in [-0.4, -0.2) is 63.2 Å². The van der Waals surface area contributed by atoms with Gasteiger partial charge in [0.1, 0.15) is 24.4 Å². The molecular formula is C21H34O6. The zero-order chi connectivity index (χ0) is 20.6. The molecule has 27 heavy (non-hydrogen) atoms. The summed E-state index contributed by atoms with van der Waals surface area (Å²) in [6, 6.07) is 4.05. The van der Waals surface area contributed by atoms with Crippen LogP contribution >= 0.6 is 0 Å². The van der Waals surface area contributed by atoms with Gasteiger partial charge in [-0.1, -0.05) is 23.8 Å². The Balaban J connectivity index is 3.03. The number of aliphatic hydroxyl groups is 5. The third-order valence-corrected chi connectivity index (χ3v) is 4.75. The molecule has 0 spiro atoms. The second-order valence-corrected chi connectivity index (χ2v) is 7.24. The molecule has 4 atom stereocenters. The third-order valence-electron chi connectivity index (χ3n) is 4.75. The quantitative estimate of drug-likeness (QED) is 0.367. The van der Waals surface area contributed by atoms with E-state index in [0.29, 0.717) is 0 Å². The van der Waals surface area contributed by atoms with Crippen molar-refractivity contribution in [3.05, 3.63) is 46.0 Å². The number of aryl methyl sites for hydroxylation is 2. The number of aliphatic hydroxyl groups excluding tert-OH is 5. The minimum Gasteiger partial charge on any atom is -0.394 e. The number of ether oxygens (including phenoxy) is 1. The highest BCUT2D eigenvalue weighted by Crippen LogP contribution is 2.23. The van der Waals surface area contributed by atoms with Crippen LogP contribution in [0, 0.1) is 13.8 Å². The van der Waals surface area contributed by atoms with E-state index in [1.807, 2.05) is 19.9 Å². The van der Waals surface area contributed by atoms with Gasteiger partial charge in [0.25, 0.3) is 0 Å². The molecule has 1 aromatic rings. The Morgan fingerprint density at radius 3 is 2.04 bits per heavy atom. The van der Waals surface area contributed by atoms with Gasteiger partial charge in [0.05, 0.1) is 19.8 Å². The molecular weight excluding hydrogens is 348 g/mol. The molecule has 0 aliphatic rings. The second-order valence-electron chi connectivity index (χ2n) is 7.24. The van der Waals surface area contributed by atoms with Gasteiger partial charge in [0.15, 0.2) is 0 Å². The first-order chi connectivity index (χ1) is 12.7. The normalized spacial score (nSPS) is 15.9. The summed E-state index contributed by atoms with van der Waals surface area (Å²) in [6.07, 6.45) is -1.67. The summed E-state index contributed by atoms with van der Waals surface area (Å²) in [6.45, 7) is 6.94. The summed E-state index contributed by atoms with van der Waals surface area (Å²) >= 11 is 0. The smallest absolute Gasteiger partial charge is 0.115 e. The zero-order valence-electron chi connectivity index (χ0n) is 16.7. The molecule has 6 heteroatoms. The highest BCUT2D eigenvalue weighted by molar-refractivity contribution is 5.40. The molecule has 0 aliphatic heterocycles. The van der Waals surface area contributed by atoms with Gasteiger partial charge in [-0.3, -0.25) is 0 Å². The first-order valence-electron chi connectivity index (χ1n) is 9.31. The van der Waals surface area contributed by atoms with Crippen molar-refractivity contribution in [2.45, 2.75) is 71.6 Å². The highest BCUT2D eigenvalue weighted by Gasteiger charge is 2.32. The summed E-state index contributed by atoms with van der Waals surface area (Å²) in [5.74, 6) is 0. The van der Waals surface area contributed by atoms with E-state index in [4.69, 9.17) is 9.84 Å². The van der Waals surface area contributed by atoms with Gasteiger partial charge < -0.3 is 30.3 Å². The summed E-state index contributed by atoms with van der Waals surface area (Å²) in [7, 11) is 0. The first-order valence-corrected chi connectivity index (χ1v) is 9.31. The Labute approximate surface area is 161 Å². The summed E-state index contributed by atoms with van der Waals surface area (Å²) in [5, 5.41) is 48.1. The first kappa shape index (κ1) is 23.8. The van der Waals surface area contributed by atoms with E-state index in [9.17, 15) is 20.4 Å². The van der Waals surface area contributed by atoms with Crippen molar-refractivity contribution >= 4 is 0 Å². The van der Waals surface area contributed by atoms with Gasteiger partial charge in [-0.2, -0.15) is 0 Å². The maximum absolute atomic E-state index is 10.1. The Bertz CT molecular complexity index is 609. The predicted octanol–water partition coefficient (Wildman–Crippen LogP) is 1.15. The van der Waals surface area contributed by atoms with Crippen molar-refractivity contribution in [1.82, 2.24) is 0 Å². The van der Waals surface area contributed by atoms with E-state index in [0.717, 1.165) is 35.1 Å². The van der Waals surface area contributed by atoms with Gasteiger partial charge in [0.2, 0.25) is 0 Å². The Hall–Kier alpha value is -1.28. The van der Waals surface area contributed by atoms with Crippen molar-refractivity contribution in [3.63, 3.8) is 0 Å². The van der Waals surface area contributed by atoms with E-state index in [-0.39, 0.29) is 6.61 Å². The topological polar surface area (TPSA) is 110 Å². The fourth-order valence-electron chi connectivity index (χ4n) is 3.03. The lowest BCUT2D eigenvalue weighted by atomic mass is 9.94. The molecule has 0 saturated heterocycles. The molecule has 0 heterocycles. The van der Waals surface area contributed by atoms with Gasteiger partial charge in [0, 0.05) is 0 Å². The fourth-order valence-corrected chi connectivity index (χ4v) is 3.03. The van der Waals surface area contributed by atoms with Crippen molar-refractivity contribution < 1.29 is 30.3 Å². The van der Waals surface area contributed by atoms with E-state index in [2.05, 4.69) is 26.0 Å². The molecule has 1 rings (SSSR count). The standard InChI is InChI=1S/C21H34O6/c1-13(2)6-5-7-16-14(3)8-9-15(4)17(16)12-27-21(19(25)11-23)20(26)18(24)10-22/h6,8-9,18-26H,5,7,10-12H2,1-4H3. The number of hydrogen-bond donors (Lipinski definition) is 5. The lowest BCUT2D eigenvalue weighted by molar-refractivity contribution is -0.153. The molecule has 0 radical (unpaired) electrons. The molecule has 0 aromatic heterocycles. The SMILES string of the molecule is CC(C)=CCCc1c(C)ccc(C)c1COC(C(O)CO)C(O)C(O)CO. The Kier molecular flexibility index (Phi) is 10.2. The Morgan fingerprint density at radius 2 is 1.52 bits per heavy atom. The molecule has 0 amide bonds. The summed E-state index contributed by atoms with van der Waals surface area (Å²) in [4.78, 5) is 0. The molecule has 0 saturated carbocycles. The maximum Gasteiger partial charge on any atom is 0.115 e. The van der Waals surface area contributed by atoms with Crippen LogP contribution in [0.15, 0.2) is 23.8 Å². The van der Waals surface area contributed by atoms with Crippen LogP contribution in [0.3, 0.4) is 0 Å². The van der Waals surface area contributed by atoms with Gasteiger partial charge >= 0.3 is 0 Å². The van der Waals surface area contributed by atoms with Crippen molar-refractivity contribution in [3.8, 4) is 0 Å². The van der Waals surface area contributed by atoms with E-state index in [1.165, 1.54) is 5.57 Å². The summed E-state index contributed by atoms with van der Waals surface area (Å²) in [5.41, 5.74) is 5.55. The molecule has 6 nitrogen and oxygen atoms in total.